The van der Waals surface area contributed by atoms with Gasteiger partial charge in [-0.05, 0) is 19.4 Å². The molecule has 15 heavy (non-hydrogen) atoms. The molecule has 0 spiro atoms. The molecule has 1 aromatic rings. The van der Waals surface area contributed by atoms with Gasteiger partial charge in [0.25, 0.3) is 5.91 Å². The molecule has 1 rings (SSSR count). The van der Waals surface area contributed by atoms with Crippen LogP contribution >= 0.6 is 0 Å². The van der Waals surface area contributed by atoms with Crippen LogP contribution in [-0.2, 0) is 4.74 Å². The smallest absolute Gasteiger partial charge is 0.267 e. The molecule has 4 N–H and O–H groups in total. The highest BCUT2D eigenvalue weighted by atomic mass is 16.5. The molecule has 84 valence electrons. The Morgan fingerprint density at radius 1 is 1.73 bits per heavy atom. The predicted molar refractivity (Wildman–Crippen MR) is 58.6 cm³/mol. The van der Waals surface area contributed by atoms with Crippen molar-refractivity contribution in [3.8, 4) is 0 Å². The van der Waals surface area contributed by atoms with Gasteiger partial charge in [-0.2, -0.15) is 0 Å². The van der Waals surface area contributed by atoms with Gasteiger partial charge in [0.05, 0.1) is 0 Å². The number of nitrogens with one attached hydrogen (secondary N) is 2. The van der Waals surface area contributed by atoms with Crippen molar-refractivity contribution in [3.63, 3.8) is 0 Å². The van der Waals surface area contributed by atoms with Crippen molar-refractivity contribution in [2.45, 2.75) is 19.4 Å². The highest BCUT2D eigenvalue weighted by Crippen LogP contribution is 2.04. The van der Waals surface area contributed by atoms with E-state index >= 15 is 0 Å². The lowest BCUT2D eigenvalue weighted by Gasteiger charge is -2.12. The Kier molecular flexibility index (Phi) is 4.17. The molecule has 0 aliphatic heterocycles. The van der Waals surface area contributed by atoms with E-state index in [1.165, 1.54) is 0 Å². The van der Waals surface area contributed by atoms with Gasteiger partial charge in [-0.3, -0.25) is 4.79 Å². The van der Waals surface area contributed by atoms with Crippen molar-refractivity contribution in [2.75, 3.05) is 19.5 Å². The number of H-pyrrole nitrogens is 1. The lowest BCUT2D eigenvalue weighted by atomic mass is 10.2. The van der Waals surface area contributed by atoms with Gasteiger partial charge in [0.2, 0.25) is 0 Å². The summed E-state index contributed by atoms with van der Waals surface area (Å²) < 4.78 is 4.92. The molecule has 0 aliphatic carbocycles. The molecule has 0 bridgehead atoms. The van der Waals surface area contributed by atoms with Crippen LogP contribution in [0.2, 0.25) is 0 Å². The number of carbonyl (C=O) groups excluding carboxylic acids is 1. The fourth-order valence-electron chi connectivity index (χ4n) is 1.21. The quantitative estimate of drug-likeness (QED) is 0.672. The standard InChI is InChI=1S/C10H17N3O2/c1-7(3-4-15-2)13-10(14)9-5-8(11)6-12-9/h5-7,12H,3-4,11H2,1-2H3,(H,13,14). The highest BCUT2D eigenvalue weighted by Gasteiger charge is 2.10. The third-order valence-corrected chi connectivity index (χ3v) is 2.08. The monoisotopic (exact) mass is 211 g/mol. The second kappa shape index (κ2) is 5.41. The number of hydrogen-bond acceptors (Lipinski definition) is 3. The van der Waals surface area contributed by atoms with Crippen molar-refractivity contribution >= 4 is 11.6 Å². The van der Waals surface area contributed by atoms with E-state index in [1.807, 2.05) is 6.92 Å². The Hall–Kier alpha value is -1.49. The number of nitrogens with two attached hydrogens (primary N) is 1. The van der Waals surface area contributed by atoms with Crippen LogP contribution in [0.4, 0.5) is 5.69 Å². The van der Waals surface area contributed by atoms with E-state index < -0.39 is 0 Å². The first-order valence-corrected chi connectivity index (χ1v) is 4.87. The normalized spacial score (nSPS) is 12.4. The van der Waals surface area contributed by atoms with Gasteiger partial charge < -0.3 is 20.8 Å². The topological polar surface area (TPSA) is 80.1 Å². The molecule has 1 heterocycles. The van der Waals surface area contributed by atoms with E-state index in [1.54, 1.807) is 19.4 Å². The number of nitrogen functional groups attached to an aromatic ring is 1. The van der Waals surface area contributed by atoms with Crippen molar-refractivity contribution in [1.82, 2.24) is 10.3 Å². The Morgan fingerprint density at radius 3 is 3.00 bits per heavy atom. The van der Waals surface area contributed by atoms with Gasteiger partial charge >= 0.3 is 0 Å². The molecule has 1 unspecified atom stereocenters. The molecule has 0 saturated heterocycles. The summed E-state index contributed by atoms with van der Waals surface area (Å²) >= 11 is 0. The molecule has 1 amide bonds. The lowest BCUT2D eigenvalue weighted by Crippen LogP contribution is -2.33. The molecule has 0 aromatic carbocycles. The summed E-state index contributed by atoms with van der Waals surface area (Å²) in [7, 11) is 1.64. The molecule has 5 heteroatoms. The van der Waals surface area contributed by atoms with Gasteiger partial charge in [-0.15, -0.1) is 0 Å². The molecular weight excluding hydrogens is 194 g/mol. The molecule has 1 aromatic heterocycles. The third kappa shape index (κ3) is 3.63. The number of hydrogen-bond donors (Lipinski definition) is 3. The zero-order valence-electron chi connectivity index (χ0n) is 9.04. The van der Waals surface area contributed by atoms with Crippen molar-refractivity contribution in [1.29, 1.82) is 0 Å². The molecule has 0 saturated carbocycles. The summed E-state index contributed by atoms with van der Waals surface area (Å²) in [6.07, 6.45) is 2.38. The largest absolute Gasteiger partial charge is 0.397 e. The number of anilines is 1. The highest BCUT2D eigenvalue weighted by molar-refractivity contribution is 5.93. The molecular formula is C10H17N3O2. The van der Waals surface area contributed by atoms with Crippen LogP contribution in [0.15, 0.2) is 12.3 Å². The van der Waals surface area contributed by atoms with Crippen LogP contribution in [0.5, 0.6) is 0 Å². The molecule has 5 nitrogen and oxygen atoms in total. The first-order chi connectivity index (χ1) is 7.13. The van der Waals surface area contributed by atoms with E-state index in [9.17, 15) is 4.79 Å². The molecule has 0 aliphatic rings. The number of amides is 1. The maximum atomic E-state index is 11.6. The maximum Gasteiger partial charge on any atom is 0.267 e. The number of ether oxygens (including phenoxy) is 1. The van der Waals surface area contributed by atoms with E-state index in [4.69, 9.17) is 10.5 Å². The van der Waals surface area contributed by atoms with Crippen molar-refractivity contribution < 1.29 is 9.53 Å². The van der Waals surface area contributed by atoms with E-state index in [-0.39, 0.29) is 11.9 Å². The van der Waals surface area contributed by atoms with Gasteiger partial charge in [0.1, 0.15) is 5.69 Å². The molecule has 0 radical (unpaired) electrons. The van der Waals surface area contributed by atoms with E-state index in [0.29, 0.717) is 18.0 Å². The van der Waals surface area contributed by atoms with Gasteiger partial charge in [-0.25, -0.2) is 0 Å². The van der Waals surface area contributed by atoms with Crippen LogP contribution in [0, 0.1) is 0 Å². The average molecular weight is 211 g/mol. The zero-order chi connectivity index (χ0) is 11.3. The minimum Gasteiger partial charge on any atom is -0.397 e. The Balaban J connectivity index is 2.42. The number of carbonyl (C=O) groups is 1. The Labute approximate surface area is 89.0 Å². The summed E-state index contributed by atoms with van der Waals surface area (Å²) in [5, 5.41) is 2.84. The third-order valence-electron chi connectivity index (χ3n) is 2.08. The van der Waals surface area contributed by atoms with Crippen molar-refractivity contribution in [3.05, 3.63) is 18.0 Å². The van der Waals surface area contributed by atoms with Crippen LogP contribution in [0.1, 0.15) is 23.8 Å². The van der Waals surface area contributed by atoms with E-state index in [0.717, 1.165) is 6.42 Å². The second-order valence-corrected chi connectivity index (χ2v) is 3.50. The fraction of sp³-hybridized carbons (Fsp3) is 0.500. The minimum atomic E-state index is -0.143. The van der Waals surface area contributed by atoms with Gasteiger partial charge in [0, 0.05) is 31.6 Å². The lowest BCUT2D eigenvalue weighted by molar-refractivity contribution is 0.0925. The summed E-state index contributed by atoms with van der Waals surface area (Å²) in [5.41, 5.74) is 6.54. The number of aromatic nitrogens is 1. The molecule has 1 atom stereocenters. The fourth-order valence-corrected chi connectivity index (χ4v) is 1.21. The summed E-state index contributed by atoms with van der Waals surface area (Å²) in [4.78, 5) is 14.4. The van der Waals surface area contributed by atoms with Crippen LogP contribution < -0.4 is 11.1 Å². The zero-order valence-corrected chi connectivity index (χ0v) is 9.04. The Bertz CT molecular complexity index is 322. The van der Waals surface area contributed by atoms with Crippen molar-refractivity contribution in [2.24, 2.45) is 0 Å². The van der Waals surface area contributed by atoms with Gasteiger partial charge in [-0.1, -0.05) is 0 Å². The SMILES string of the molecule is COCCC(C)NC(=O)c1cc(N)c[nH]1. The second-order valence-electron chi connectivity index (χ2n) is 3.50. The van der Waals surface area contributed by atoms with Gasteiger partial charge in [0.15, 0.2) is 0 Å². The van der Waals surface area contributed by atoms with Crippen LogP contribution in [-0.4, -0.2) is 30.6 Å². The predicted octanol–water partition coefficient (Wildman–Crippen LogP) is 0.752. The van der Waals surface area contributed by atoms with Crippen LogP contribution in [0.25, 0.3) is 0 Å². The summed E-state index contributed by atoms with van der Waals surface area (Å²) in [6, 6.07) is 1.69. The average Bonchev–Trinajstić information content (AvgIpc) is 2.61. The van der Waals surface area contributed by atoms with E-state index in [2.05, 4.69) is 10.3 Å². The van der Waals surface area contributed by atoms with Crippen LogP contribution in [0.3, 0.4) is 0 Å². The first kappa shape index (κ1) is 11.6. The summed E-state index contributed by atoms with van der Waals surface area (Å²) in [6.45, 7) is 2.57. The molecule has 0 fully saturated rings. The number of aromatic amines is 1. The summed E-state index contributed by atoms with van der Waals surface area (Å²) in [5.74, 6) is -0.143. The first-order valence-electron chi connectivity index (χ1n) is 4.87. The maximum absolute atomic E-state index is 11.6. The minimum absolute atomic E-state index is 0.0852. The number of rotatable bonds is 5. The Morgan fingerprint density at radius 2 is 2.47 bits per heavy atom. The number of methoxy groups -OCH3 is 1.